The van der Waals surface area contributed by atoms with Crippen LogP contribution in [0, 0.1) is 6.92 Å². The number of hydrogen-bond acceptors (Lipinski definition) is 4. The minimum absolute atomic E-state index is 0.00745. The molecule has 1 aromatic heterocycles. The molecular formula is C10H17N3OS. The smallest absolute Gasteiger partial charge is 0.240 e. The Morgan fingerprint density at radius 3 is 2.67 bits per heavy atom. The Bertz CT molecular complexity index is 320. The highest BCUT2D eigenvalue weighted by Crippen LogP contribution is 2.13. The summed E-state index contributed by atoms with van der Waals surface area (Å²) in [6.07, 6.45) is 0. The summed E-state index contributed by atoms with van der Waals surface area (Å²) in [7, 11) is 0. The molecule has 84 valence electrons. The molecular weight excluding hydrogens is 210 g/mol. The Balaban J connectivity index is 2.42. The van der Waals surface area contributed by atoms with E-state index in [1.807, 2.05) is 26.2 Å². The summed E-state index contributed by atoms with van der Waals surface area (Å²) in [4.78, 5) is 17.8. The maximum Gasteiger partial charge on any atom is 0.240 e. The minimum atomic E-state index is 0.00745. The summed E-state index contributed by atoms with van der Waals surface area (Å²) in [5, 5.41) is 5.40. The Morgan fingerprint density at radius 2 is 2.20 bits per heavy atom. The van der Waals surface area contributed by atoms with Gasteiger partial charge in [0.05, 0.1) is 12.2 Å². The van der Waals surface area contributed by atoms with Crippen LogP contribution in [0.1, 0.15) is 19.5 Å². The third-order valence-corrected chi connectivity index (χ3v) is 3.00. The molecule has 0 spiro atoms. The first-order valence-corrected chi connectivity index (χ1v) is 5.98. The molecule has 0 aliphatic heterocycles. The monoisotopic (exact) mass is 227 g/mol. The van der Waals surface area contributed by atoms with Crippen LogP contribution >= 0.6 is 11.3 Å². The van der Waals surface area contributed by atoms with Gasteiger partial charge < -0.3 is 5.32 Å². The van der Waals surface area contributed by atoms with Gasteiger partial charge in [-0.2, -0.15) is 0 Å². The van der Waals surface area contributed by atoms with E-state index in [1.54, 1.807) is 0 Å². The van der Waals surface area contributed by atoms with E-state index >= 15 is 0 Å². The van der Waals surface area contributed by atoms with Crippen LogP contribution in [0.15, 0.2) is 5.38 Å². The first kappa shape index (κ1) is 12.1. The Labute approximate surface area is 94.3 Å². The number of hydrogen-bond donors (Lipinski definition) is 1. The fourth-order valence-electron chi connectivity index (χ4n) is 1.22. The summed E-state index contributed by atoms with van der Waals surface area (Å²) in [6, 6.07) is 0. The molecule has 15 heavy (non-hydrogen) atoms. The summed E-state index contributed by atoms with van der Waals surface area (Å²) in [6.45, 7) is 8.22. The number of carbonyl (C=O) groups is 1. The molecule has 0 saturated carbocycles. The number of carbonyl (C=O) groups excluding carboxylic acids is 1. The second kappa shape index (κ2) is 5.82. The molecule has 0 fully saturated rings. The van der Waals surface area contributed by atoms with Crippen molar-refractivity contribution in [1.82, 2.24) is 9.88 Å². The average molecular weight is 227 g/mol. The van der Waals surface area contributed by atoms with Crippen LogP contribution in [-0.4, -0.2) is 35.4 Å². The van der Waals surface area contributed by atoms with Crippen LogP contribution in [-0.2, 0) is 4.79 Å². The van der Waals surface area contributed by atoms with Gasteiger partial charge in [-0.25, -0.2) is 4.98 Å². The van der Waals surface area contributed by atoms with E-state index < -0.39 is 0 Å². The van der Waals surface area contributed by atoms with Crippen LogP contribution in [0.4, 0.5) is 5.13 Å². The van der Waals surface area contributed by atoms with Gasteiger partial charge >= 0.3 is 0 Å². The maximum atomic E-state index is 11.6. The molecule has 0 saturated heterocycles. The third-order valence-electron chi connectivity index (χ3n) is 2.13. The SMILES string of the molecule is CCN(CC)CC(=O)Nc1nc(C)cs1. The number of anilines is 1. The second-order valence-electron chi connectivity index (χ2n) is 3.30. The second-order valence-corrected chi connectivity index (χ2v) is 4.16. The van der Waals surface area contributed by atoms with Gasteiger partial charge in [0.25, 0.3) is 0 Å². The lowest BCUT2D eigenvalue weighted by Gasteiger charge is -2.16. The van der Waals surface area contributed by atoms with Gasteiger partial charge in [0.15, 0.2) is 5.13 Å². The van der Waals surface area contributed by atoms with Gasteiger partial charge in [-0.1, -0.05) is 13.8 Å². The zero-order valence-electron chi connectivity index (χ0n) is 9.41. The van der Waals surface area contributed by atoms with Crippen LogP contribution in [0.5, 0.6) is 0 Å². The quantitative estimate of drug-likeness (QED) is 0.833. The van der Waals surface area contributed by atoms with Crippen molar-refractivity contribution in [3.8, 4) is 0 Å². The molecule has 0 aliphatic rings. The summed E-state index contributed by atoms with van der Waals surface area (Å²) < 4.78 is 0. The van der Waals surface area contributed by atoms with Crippen LogP contribution in [0.3, 0.4) is 0 Å². The lowest BCUT2D eigenvalue weighted by molar-refractivity contribution is -0.117. The highest BCUT2D eigenvalue weighted by molar-refractivity contribution is 7.13. The van der Waals surface area contributed by atoms with Gasteiger partial charge in [-0.15, -0.1) is 11.3 Å². The molecule has 1 amide bonds. The molecule has 0 bridgehead atoms. The highest BCUT2D eigenvalue weighted by atomic mass is 32.1. The van der Waals surface area contributed by atoms with E-state index in [2.05, 4.69) is 15.2 Å². The van der Waals surface area contributed by atoms with Crippen molar-refractivity contribution >= 4 is 22.4 Å². The van der Waals surface area contributed by atoms with Crippen molar-refractivity contribution in [2.24, 2.45) is 0 Å². The molecule has 1 aromatic rings. The van der Waals surface area contributed by atoms with Crippen LogP contribution in [0.2, 0.25) is 0 Å². The molecule has 0 atom stereocenters. The molecule has 0 unspecified atom stereocenters. The van der Waals surface area contributed by atoms with E-state index in [-0.39, 0.29) is 5.91 Å². The molecule has 0 aliphatic carbocycles. The van der Waals surface area contributed by atoms with Gasteiger partial charge in [-0.3, -0.25) is 9.69 Å². The van der Waals surface area contributed by atoms with Crippen molar-refractivity contribution in [1.29, 1.82) is 0 Å². The lowest BCUT2D eigenvalue weighted by Crippen LogP contribution is -2.32. The lowest BCUT2D eigenvalue weighted by atomic mass is 10.4. The highest BCUT2D eigenvalue weighted by Gasteiger charge is 2.08. The fraction of sp³-hybridized carbons (Fsp3) is 0.600. The van der Waals surface area contributed by atoms with Crippen LogP contribution < -0.4 is 5.32 Å². The summed E-state index contributed by atoms with van der Waals surface area (Å²) >= 11 is 1.46. The topological polar surface area (TPSA) is 45.2 Å². The molecule has 1 rings (SSSR count). The molecule has 1 heterocycles. The van der Waals surface area contributed by atoms with E-state index in [0.717, 1.165) is 18.8 Å². The molecule has 0 aromatic carbocycles. The number of thiazole rings is 1. The van der Waals surface area contributed by atoms with Crippen molar-refractivity contribution in [3.63, 3.8) is 0 Å². The maximum absolute atomic E-state index is 11.6. The van der Waals surface area contributed by atoms with E-state index in [1.165, 1.54) is 11.3 Å². The number of nitrogens with one attached hydrogen (secondary N) is 1. The van der Waals surface area contributed by atoms with Crippen LogP contribution in [0.25, 0.3) is 0 Å². The van der Waals surface area contributed by atoms with Gasteiger partial charge in [0, 0.05) is 5.38 Å². The predicted molar refractivity (Wildman–Crippen MR) is 63.3 cm³/mol. The van der Waals surface area contributed by atoms with Gasteiger partial charge in [0.1, 0.15) is 0 Å². The number of likely N-dealkylation sites (N-methyl/N-ethyl adjacent to an activating group) is 1. The Kier molecular flexibility index (Phi) is 4.71. The Morgan fingerprint density at radius 1 is 1.53 bits per heavy atom. The normalized spacial score (nSPS) is 10.7. The predicted octanol–water partition coefficient (Wildman–Crippen LogP) is 1.73. The number of aromatic nitrogens is 1. The number of nitrogens with zero attached hydrogens (tertiary/aromatic N) is 2. The zero-order valence-corrected chi connectivity index (χ0v) is 10.2. The third kappa shape index (κ3) is 3.97. The van der Waals surface area contributed by atoms with Gasteiger partial charge in [-0.05, 0) is 20.0 Å². The van der Waals surface area contributed by atoms with Crippen molar-refractivity contribution < 1.29 is 4.79 Å². The fourth-order valence-corrected chi connectivity index (χ4v) is 1.92. The van der Waals surface area contributed by atoms with E-state index in [4.69, 9.17) is 0 Å². The first-order valence-electron chi connectivity index (χ1n) is 5.10. The average Bonchev–Trinajstić information content (AvgIpc) is 2.60. The zero-order chi connectivity index (χ0) is 11.3. The summed E-state index contributed by atoms with van der Waals surface area (Å²) in [5.74, 6) is 0.00745. The molecule has 5 heteroatoms. The standard InChI is InChI=1S/C10H17N3OS/c1-4-13(5-2)6-9(14)12-10-11-8(3)7-15-10/h7H,4-6H2,1-3H3,(H,11,12,14). The van der Waals surface area contributed by atoms with Crippen molar-refractivity contribution in [2.45, 2.75) is 20.8 Å². The first-order chi connectivity index (χ1) is 7.15. The van der Waals surface area contributed by atoms with Gasteiger partial charge in [0.2, 0.25) is 5.91 Å². The molecule has 0 radical (unpaired) electrons. The summed E-state index contributed by atoms with van der Waals surface area (Å²) in [5.41, 5.74) is 0.943. The minimum Gasteiger partial charge on any atom is -0.301 e. The number of aryl methyl sites for hydroxylation is 1. The molecule has 1 N–H and O–H groups in total. The number of rotatable bonds is 5. The molecule has 4 nitrogen and oxygen atoms in total. The van der Waals surface area contributed by atoms with E-state index in [0.29, 0.717) is 11.7 Å². The largest absolute Gasteiger partial charge is 0.301 e. The van der Waals surface area contributed by atoms with Crippen molar-refractivity contribution in [2.75, 3.05) is 25.0 Å². The Hall–Kier alpha value is -0.940. The van der Waals surface area contributed by atoms with E-state index in [9.17, 15) is 4.79 Å². The number of amides is 1. The van der Waals surface area contributed by atoms with Crippen molar-refractivity contribution in [3.05, 3.63) is 11.1 Å².